The summed E-state index contributed by atoms with van der Waals surface area (Å²) in [4.78, 5) is 29.9. The summed E-state index contributed by atoms with van der Waals surface area (Å²) in [5.41, 5.74) is 9.13. The molecule has 0 aliphatic carbocycles. The van der Waals surface area contributed by atoms with Crippen LogP contribution in [0.25, 0.3) is 90.6 Å². The summed E-state index contributed by atoms with van der Waals surface area (Å²) in [6.07, 6.45) is 0. The Morgan fingerprint density at radius 3 is 1.05 bits per heavy atom. The third-order valence-electron chi connectivity index (χ3n) is 9.47. The second-order valence-electron chi connectivity index (χ2n) is 13.0. The van der Waals surface area contributed by atoms with Crippen molar-refractivity contribution in [2.75, 3.05) is 0 Å². The molecular weight excluding hydrogens is 687 g/mol. The van der Waals surface area contributed by atoms with Gasteiger partial charge in [0.05, 0.1) is 11.6 Å². The second-order valence-corrected chi connectivity index (χ2v) is 13.0. The van der Waals surface area contributed by atoms with Crippen molar-refractivity contribution in [1.29, 1.82) is 5.26 Å². The first-order chi connectivity index (χ1) is 27.7. The number of aromatic nitrogens is 6. The highest BCUT2D eigenvalue weighted by atomic mass is 15.0. The molecule has 0 N–H and O–H groups in total. The summed E-state index contributed by atoms with van der Waals surface area (Å²) in [6, 6.07) is 64.1. The van der Waals surface area contributed by atoms with Gasteiger partial charge < -0.3 is 0 Å². The van der Waals surface area contributed by atoms with E-state index in [-0.39, 0.29) is 0 Å². The van der Waals surface area contributed by atoms with E-state index in [4.69, 9.17) is 29.9 Å². The van der Waals surface area contributed by atoms with E-state index in [1.807, 2.05) is 170 Å². The zero-order chi connectivity index (χ0) is 37.7. The van der Waals surface area contributed by atoms with Gasteiger partial charge in [0.2, 0.25) is 0 Å². The van der Waals surface area contributed by atoms with Crippen molar-refractivity contribution in [1.82, 2.24) is 29.9 Å². The smallest absolute Gasteiger partial charge is 0.164 e. The number of nitriles is 1. The van der Waals surface area contributed by atoms with E-state index in [2.05, 4.69) is 24.3 Å². The second kappa shape index (κ2) is 15.2. The van der Waals surface area contributed by atoms with Crippen molar-refractivity contribution >= 4 is 0 Å². The van der Waals surface area contributed by atoms with Gasteiger partial charge in [0, 0.05) is 38.9 Å². The number of nitrogens with zero attached hydrogens (tertiary/aromatic N) is 7. The average molecular weight is 718 g/mol. The Kier molecular flexibility index (Phi) is 9.18. The van der Waals surface area contributed by atoms with Crippen LogP contribution in [0.4, 0.5) is 0 Å². The molecule has 7 aromatic carbocycles. The summed E-state index contributed by atoms with van der Waals surface area (Å²) in [5.74, 6) is 3.35. The quantitative estimate of drug-likeness (QED) is 0.154. The fourth-order valence-electron chi connectivity index (χ4n) is 6.74. The summed E-state index contributed by atoms with van der Waals surface area (Å²) in [5, 5.41) is 10.4. The van der Waals surface area contributed by atoms with Crippen LogP contribution in [0.5, 0.6) is 0 Å². The summed E-state index contributed by atoms with van der Waals surface area (Å²) < 4.78 is 0. The summed E-state index contributed by atoms with van der Waals surface area (Å²) >= 11 is 0. The summed E-state index contributed by atoms with van der Waals surface area (Å²) in [7, 11) is 0. The summed E-state index contributed by atoms with van der Waals surface area (Å²) in [6.45, 7) is 0. The van der Waals surface area contributed by atoms with Crippen molar-refractivity contribution in [3.63, 3.8) is 0 Å². The van der Waals surface area contributed by atoms with E-state index in [0.29, 0.717) is 40.5 Å². The average Bonchev–Trinajstić information content (AvgIpc) is 3.29. The van der Waals surface area contributed by atoms with Crippen LogP contribution in [0.15, 0.2) is 188 Å². The lowest BCUT2D eigenvalue weighted by atomic mass is 9.88. The highest BCUT2D eigenvalue weighted by molar-refractivity contribution is 5.93. The Hall–Kier alpha value is -7.95. The first kappa shape index (κ1) is 33.9. The molecule has 0 saturated heterocycles. The van der Waals surface area contributed by atoms with Gasteiger partial charge in [-0.25, -0.2) is 29.9 Å². The maximum absolute atomic E-state index is 10.4. The minimum Gasteiger partial charge on any atom is -0.208 e. The van der Waals surface area contributed by atoms with Gasteiger partial charge in [0.1, 0.15) is 0 Å². The third kappa shape index (κ3) is 6.82. The predicted molar refractivity (Wildman–Crippen MR) is 221 cm³/mol. The minimum atomic E-state index is 0.519. The molecule has 56 heavy (non-hydrogen) atoms. The molecule has 0 fully saturated rings. The van der Waals surface area contributed by atoms with E-state index >= 15 is 0 Å². The zero-order valence-corrected chi connectivity index (χ0v) is 30.0. The van der Waals surface area contributed by atoms with Gasteiger partial charge in [-0.3, -0.25) is 0 Å². The maximum Gasteiger partial charge on any atom is 0.164 e. The Morgan fingerprint density at radius 2 is 0.607 bits per heavy atom. The van der Waals surface area contributed by atoms with Gasteiger partial charge in [-0.2, -0.15) is 5.26 Å². The normalized spacial score (nSPS) is 10.8. The third-order valence-corrected chi connectivity index (χ3v) is 9.47. The van der Waals surface area contributed by atoms with Gasteiger partial charge in [-0.1, -0.05) is 176 Å². The molecule has 7 heteroatoms. The van der Waals surface area contributed by atoms with Crippen LogP contribution in [-0.2, 0) is 0 Å². The molecule has 0 atom stereocenters. The van der Waals surface area contributed by atoms with Crippen LogP contribution >= 0.6 is 0 Å². The molecule has 0 aliphatic heterocycles. The van der Waals surface area contributed by atoms with E-state index in [1.54, 1.807) is 0 Å². The van der Waals surface area contributed by atoms with Crippen molar-refractivity contribution in [2.45, 2.75) is 0 Å². The van der Waals surface area contributed by atoms with E-state index in [9.17, 15) is 5.26 Å². The highest BCUT2D eigenvalue weighted by Gasteiger charge is 2.21. The van der Waals surface area contributed by atoms with Gasteiger partial charge >= 0.3 is 0 Å². The molecule has 0 spiro atoms. The minimum absolute atomic E-state index is 0.519. The highest BCUT2D eigenvalue weighted by Crippen LogP contribution is 2.41. The first-order valence-electron chi connectivity index (χ1n) is 18.2. The molecule has 262 valence electrons. The van der Waals surface area contributed by atoms with E-state index < -0.39 is 0 Å². The molecule has 9 rings (SSSR count). The molecule has 2 aromatic heterocycles. The number of hydrogen-bond donors (Lipinski definition) is 0. The van der Waals surface area contributed by atoms with Crippen LogP contribution < -0.4 is 0 Å². The lowest BCUT2D eigenvalue weighted by Gasteiger charge is -2.17. The molecule has 0 aliphatic rings. The number of rotatable bonds is 8. The Labute approximate surface area is 324 Å². The van der Waals surface area contributed by atoms with Crippen molar-refractivity contribution in [3.05, 3.63) is 194 Å². The number of benzene rings is 7. The largest absolute Gasteiger partial charge is 0.208 e. The van der Waals surface area contributed by atoms with Crippen LogP contribution in [-0.4, -0.2) is 29.9 Å². The fourth-order valence-corrected chi connectivity index (χ4v) is 6.74. The van der Waals surface area contributed by atoms with Crippen molar-refractivity contribution in [2.24, 2.45) is 0 Å². The van der Waals surface area contributed by atoms with Gasteiger partial charge in [-0.15, -0.1) is 0 Å². The molecule has 0 unspecified atom stereocenters. The lowest BCUT2D eigenvalue weighted by Crippen LogP contribution is -2.02. The van der Waals surface area contributed by atoms with Crippen LogP contribution in [0.3, 0.4) is 0 Å². The van der Waals surface area contributed by atoms with E-state index in [0.717, 1.165) is 55.6 Å². The molecule has 0 saturated carbocycles. The zero-order valence-electron chi connectivity index (χ0n) is 30.0. The standard InChI is InChI=1S/C49H31N7/c50-32-38-25-13-14-26-39(38)43-31-37(48-53-44(33-17-5-1-6-18-33)51-45(54-48)34-19-7-2-8-20-34)29-30-41(43)40-27-15-16-28-42(40)49-55-46(35-21-9-3-10-22-35)52-47(56-49)36-23-11-4-12-24-36/h1-31H. The van der Waals surface area contributed by atoms with E-state index in [1.165, 1.54) is 0 Å². The van der Waals surface area contributed by atoms with Gasteiger partial charge in [0.15, 0.2) is 34.9 Å². The SMILES string of the molecule is N#Cc1ccccc1-c1cc(-c2nc(-c3ccccc3)nc(-c3ccccc3)n2)ccc1-c1ccccc1-c1nc(-c2ccccc2)nc(-c2ccccc2)n1. The van der Waals surface area contributed by atoms with Crippen molar-refractivity contribution in [3.8, 4) is 96.7 Å². The monoisotopic (exact) mass is 717 g/mol. The Bertz CT molecular complexity index is 2740. The predicted octanol–water partition coefficient (Wildman–Crippen LogP) is 11.3. The first-order valence-corrected chi connectivity index (χ1v) is 18.2. The Balaban J connectivity index is 1.26. The molecular formula is C49H31N7. The topological polar surface area (TPSA) is 101 Å². The Morgan fingerprint density at radius 1 is 0.268 bits per heavy atom. The van der Waals surface area contributed by atoms with Crippen LogP contribution in [0, 0.1) is 11.3 Å². The van der Waals surface area contributed by atoms with Crippen LogP contribution in [0.2, 0.25) is 0 Å². The molecule has 0 amide bonds. The lowest BCUT2D eigenvalue weighted by molar-refractivity contribution is 1.07. The number of hydrogen-bond acceptors (Lipinski definition) is 7. The van der Waals surface area contributed by atoms with Crippen LogP contribution in [0.1, 0.15) is 5.56 Å². The molecule has 7 nitrogen and oxygen atoms in total. The van der Waals surface area contributed by atoms with Crippen molar-refractivity contribution < 1.29 is 0 Å². The van der Waals surface area contributed by atoms with Gasteiger partial charge in [-0.05, 0) is 28.8 Å². The molecule has 2 heterocycles. The maximum atomic E-state index is 10.4. The molecule has 9 aromatic rings. The molecule has 0 bridgehead atoms. The molecule has 0 radical (unpaired) electrons. The van der Waals surface area contributed by atoms with Gasteiger partial charge in [0.25, 0.3) is 0 Å². The fraction of sp³-hybridized carbons (Fsp3) is 0.